The van der Waals surface area contributed by atoms with Gasteiger partial charge >= 0.3 is 0 Å². The molecule has 6 heteroatoms. The molecule has 0 N–H and O–H groups in total. The smallest absolute Gasteiger partial charge is 0.247 e. The quantitative estimate of drug-likeness (QED) is 0.474. The van der Waals surface area contributed by atoms with Crippen molar-refractivity contribution in [1.82, 2.24) is 15.1 Å². The zero-order valence-electron chi connectivity index (χ0n) is 15.9. The predicted molar refractivity (Wildman–Crippen MR) is 110 cm³/mol. The molecule has 0 aliphatic rings. The van der Waals surface area contributed by atoms with Crippen LogP contribution in [0.15, 0.2) is 57.4 Å². The van der Waals surface area contributed by atoms with Gasteiger partial charge in [-0.2, -0.15) is 0 Å². The van der Waals surface area contributed by atoms with Gasteiger partial charge in [0.1, 0.15) is 5.75 Å². The standard InChI is InChI=1S/C21H24BrN3O2/c1-4-13-25(15(2)18-7-5-6-8-19(18)22)14-20-23-24-21(27-20)16-9-11-17(26-3)12-10-16/h5-12,15H,4,13-14H2,1-3H3. The van der Waals surface area contributed by atoms with Crippen LogP contribution >= 0.6 is 15.9 Å². The van der Waals surface area contributed by atoms with Gasteiger partial charge in [0, 0.05) is 16.1 Å². The fourth-order valence-corrected chi connectivity index (χ4v) is 3.67. The summed E-state index contributed by atoms with van der Waals surface area (Å²) in [4.78, 5) is 2.35. The summed E-state index contributed by atoms with van der Waals surface area (Å²) in [7, 11) is 1.65. The van der Waals surface area contributed by atoms with Crippen molar-refractivity contribution < 1.29 is 9.15 Å². The van der Waals surface area contributed by atoms with E-state index < -0.39 is 0 Å². The monoisotopic (exact) mass is 429 g/mol. The maximum Gasteiger partial charge on any atom is 0.247 e. The minimum absolute atomic E-state index is 0.233. The van der Waals surface area contributed by atoms with Gasteiger partial charge in [-0.05, 0) is 55.8 Å². The van der Waals surface area contributed by atoms with Gasteiger partial charge in [0.05, 0.1) is 13.7 Å². The molecule has 1 unspecified atom stereocenters. The zero-order chi connectivity index (χ0) is 19.2. The van der Waals surface area contributed by atoms with E-state index in [1.807, 2.05) is 30.3 Å². The lowest BCUT2D eigenvalue weighted by molar-refractivity contribution is 0.182. The number of aromatic nitrogens is 2. The molecule has 0 radical (unpaired) electrons. The molecule has 0 fully saturated rings. The number of hydrogen-bond donors (Lipinski definition) is 0. The molecule has 27 heavy (non-hydrogen) atoms. The zero-order valence-corrected chi connectivity index (χ0v) is 17.4. The summed E-state index contributed by atoms with van der Waals surface area (Å²) in [6.45, 7) is 5.94. The Bertz CT molecular complexity index is 864. The summed E-state index contributed by atoms with van der Waals surface area (Å²) in [6.07, 6.45) is 1.05. The molecule has 0 saturated carbocycles. The van der Waals surface area contributed by atoms with Crippen LogP contribution in [-0.4, -0.2) is 28.8 Å². The largest absolute Gasteiger partial charge is 0.497 e. The number of nitrogens with zero attached hydrogens (tertiary/aromatic N) is 3. The van der Waals surface area contributed by atoms with E-state index in [-0.39, 0.29) is 6.04 Å². The van der Waals surface area contributed by atoms with Gasteiger partial charge in [0.2, 0.25) is 11.8 Å². The Hall–Kier alpha value is -2.18. The van der Waals surface area contributed by atoms with E-state index in [9.17, 15) is 0 Å². The first-order valence-electron chi connectivity index (χ1n) is 9.07. The molecule has 1 atom stereocenters. The third-order valence-electron chi connectivity index (χ3n) is 4.56. The predicted octanol–water partition coefficient (Wildman–Crippen LogP) is 5.48. The van der Waals surface area contributed by atoms with Crippen LogP contribution in [0, 0.1) is 0 Å². The molecule has 0 aliphatic carbocycles. The summed E-state index contributed by atoms with van der Waals surface area (Å²) >= 11 is 3.66. The highest BCUT2D eigenvalue weighted by Gasteiger charge is 2.20. The lowest BCUT2D eigenvalue weighted by atomic mass is 10.1. The number of methoxy groups -OCH3 is 1. The Morgan fingerprint density at radius 3 is 2.52 bits per heavy atom. The highest BCUT2D eigenvalue weighted by Crippen LogP contribution is 2.29. The summed E-state index contributed by atoms with van der Waals surface area (Å²) in [5.41, 5.74) is 2.14. The molecule has 2 aromatic carbocycles. The van der Waals surface area contributed by atoms with E-state index in [4.69, 9.17) is 9.15 Å². The van der Waals surface area contributed by atoms with Gasteiger partial charge in [-0.3, -0.25) is 4.90 Å². The van der Waals surface area contributed by atoms with E-state index in [1.54, 1.807) is 7.11 Å². The fraction of sp³-hybridized carbons (Fsp3) is 0.333. The first kappa shape index (κ1) is 19.6. The second-order valence-electron chi connectivity index (χ2n) is 6.40. The lowest BCUT2D eigenvalue weighted by Gasteiger charge is -2.28. The van der Waals surface area contributed by atoms with Crippen LogP contribution in [0.3, 0.4) is 0 Å². The number of rotatable bonds is 8. The number of ether oxygens (including phenoxy) is 1. The van der Waals surface area contributed by atoms with Gasteiger partial charge in [-0.25, -0.2) is 0 Å². The van der Waals surface area contributed by atoms with Crippen molar-refractivity contribution >= 4 is 15.9 Å². The SMILES string of the molecule is CCCN(Cc1nnc(-c2ccc(OC)cc2)o1)C(C)c1ccccc1Br. The van der Waals surface area contributed by atoms with Crippen molar-refractivity contribution in [3.8, 4) is 17.2 Å². The lowest BCUT2D eigenvalue weighted by Crippen LogP contribution is -2.28. The van der Waals surface area contributed by atoms with Crippen molar-refractivity contribution in [2.24, 2.45) is 0 Å². The molecule has 0 saturated heterocycles. The van der Waals surface area contributed by atoms with Crippen molar-refractivity contribution in [3.05, 3.63) is 64.5 Å². The fourth-order valence-electron chi connectivity index (χ4n) is 3.05. The van der Waals surface area contributed by atoms with E-state index >= 15 is 0 Å². The maximum absolute atomic E-state index is 5.92. The molecule has 0 amide bonds. The Kier molecular flexibility index (Phi) is 6.63. The Balaban J connectivity index is 1.77. The molecule has 0 aliphatic heterocycles. The topological polar surface area (TPSA) is 51.4 Å². The molecule has 3 rings (SSSR count). The first-order valence-corrected chi connectivity index (χ1v) is 9.87. The van der Waals surface area contributed by atoms with E-state index in [0.29, 0.717) is 18.3 Å². The van der Waals surface area contributed by atoms with E-state index in [0.717, 1.165) is 28.8 Å². The minimum Gasteiger partial charge on any atom is -0.497 e. The molecule has 1 aromatic heterocycles. The highest BCUT2D eigenvalue weighted by molar-refractivity contribution is 9.10. The van der Waals surface area contributed by atoms with Crippen LogP contribution in [0.25, 0.3) is 11.5 Å². The van der Waals surface area contributed by atoms with Gasteiger partial charge in [-0.15, -0.1) is 10.2 Å². The highest BCUT2D eigenvalue weighted by atomic mass is 79.9. The normalized spacial score (nSPS) is 12.3. The van der Waals surface area contributed by atoms with Crippen LogP contribution in [0.2, 0.25) is 0 Å². The number of halogens is 1. The third-order valence-corrected chi connectivity index (χ3v) is 5.28. The molecular formula is C21H24BrN3O2. The van der Waals surface area contributed by atoms with Crippen LogP contribution in [0.4, 0.5) is 0 Å². The Morgan fingerprint density at radius 1 is 1.11 bits per heavy atom. The van der Waals surface area contributed by atoms with Gasteiger partial charge in [-0.1, -0.05) is 41.1 Å². The van der Waals surface area contributed by atoms with Crippen LogP contribution in [0.1, 0.15) is 37.8 Å². The number of benzene rings is 2. The van der Waals surface area contributed by atoms with Crippen molar-refractivity contribution in [1.29, 1.82) is 0 Å². The third kappa shape index (κ3) is 4.76. The van der Waals surface area contributed by atoms with Crippen LogP contribution < -0.4 is 4.74 Å². The van der Waals surface area contributed by atoms with Crippen molar-refractivity contribution in [2.75, 3.05) is 13.7 Å². The molecule has 0 bridgehead atoms. The minimum atomic E-state index is 0.233. The molecule has 3 aromatic rings. The van der Waals surface area contributed by atoms with Crippen molar-refractivity contribution in [2.45, 2.75) is 32.9 Å². The summed E-state index contributed by atoms with van der Waals surface area (Å²) in [5.74, 6) is 1.95. The average molecular weight is 430 g/mol. The Labute approximate surface area is 168 Å². The van der Waals surface area contributed by atoms with Gasteiger partial charge in [0.25, 0.3) is 0 Å². The molecule has 142 valence electrons. The second kappa shape index (κ2) is 9.15. The average Bonchev–Trinajstić information content (AvgIpc) is 3.16. The van der Waals surface area contributed by atoms with E-state index in [1.165, 1.54) is 5.56 Å². The first-order chi connectivity index (χ1) is 13.1. The summed E-state index contributed by atoms with van der Waals surface area (Å²) in [6, 6.07) is 16.2. The van der Waals surface area contributed by atoms with Crippen molar-refractivity contribution in [3.63, 3.8) is 0 Å². The molecule has 1 heterocycles. The maximum atomic E-state index is 5.92. The van der Waals surface area contributed by atoms with E-state index in [2.05, 4.69) is 63.1 Å². The van der Waals surface area contributed by atoms with Gasteiger partial charge < -0.3 is 9.15 Å². The second-order valence-corrected chi connectivity index (χ2v) is 7.25. The van der Waals surface area contributed by atoms with Gasteiger partial charge in [0.15, 0.2) is 0 Å². The Morgan fingerprint density at radius 2 is 1.85 bits per heavy atom. The summed E-state index contributed by atoms with van der Waals surface area (Å²) in [5, 5.41) is 8.47. The number of hydrogen-bond acceptors (Lipinski definition) is 5. The molecular weight excluding hydrogens is 406 g/mol. The summed E-state index contributed by atoms with van der Waals surface area (Å²) < 4.78 is 12.2. The molecule has 0 spiro atoms. The molecule has 5 nitrogen and oxygen atoms in total. The van der Waals surface area contributed by atoms with Crippen LogP contribution in [0.5, 0.6) is 5.75 Å². The van der Waals surface area contributed by atoms with Crippen LogP contribution in [-0.2, 0) is 6.54 Å².